The first-order valence-corrected chi connectivity index (χ1v) is 10.6. The third kappa shape index (κ3) is 4.92. The maximum Gasteiger partial charge on any atom is 0.240 e. The lowest BCUT2D eigenvalue weighted by atomic mass is 10.0. The summed E-state index contributed by atoms with van der Waals surface area (Å²) in [6.45, 7) is 5.37. The first kappa shape index (κ1) is 24.1. The number of carbonyl (C=O) groups is 1. The van der Waals surface area contributed by atoms with Crippen LogP contribution in [0, 0.1) is 11.7 Å². The predicted octanol–water partition coefficient (Wildman–Crippen LogP) is 4.52. The fourth-order valence-electron chi connectivity index (χ4n) is 3.62. The molecule has 1 aliphatic rings. The summed E-state index contributed by atoms with van der Waals surface area (Å²) in [7, 11) is 0. The zero-order valence-electron chi connectivity index (χ0n) is 18.0. The molecule has 2 aromatic carbocycles. The zero-order chi connectivity index (χ0) is 22.1. The molecule has 1 atom stereocenters. The standard InChI is InChI=1S/C23H25ClFN5O.H2S/c1-14(2)20(26)23(31)29-11-12-30-19(13-29)28-21(15-3-7-17(25)8-4-15)22(30)27-18-9-5-16(24)6-10-18;/h3-10,14,20,27H,11-13,26H2,1-2H3;1H2/t20-;/m0./s1. The number of carbonyl (C=O) groups excluding carboxylic acids is 1. The number of hydrogen-bond donors (Lipinski definition) is 2. The second-order valence-electron chi connectivity index (χ2n) is 8.05. The van der Waals surface area contributed by atoms with E-state index in [1.54, 1.807) is 17.0 Å². The second-order valence-corrected chi connectivity index (χ2v) is 8.48. The largest absolute Gasteiger partial charge is 0.340 e. The highest BCUT2D eigenvalue weighted by Gasteiger charge is 2.30. The van der Waals surface area contributed by atoms with Gasteiger partial charge in [-0.05, 0) is 54.4 Å². The Balaban J connectivity index is 0.00000289. The van der Waals surface area contributed by atoms with Gasteiger partial charge in [0.15, 0.2) is 0 Å². The van der Waals surface area contributed by atoms with Crippen LogP contribution >= 0.6 is 25.1 Å². The molecule has 0 saturated carbocycles. The molecule has 0 fully saturated rings. The van der Waals surface area contributed by atoms with Crippen LogP contribution in [0.15, 0.2) is 48.5 Å². The fourth-order valence-corrected chi connectivity index (χ4v) is 3.75. The lowest BCUT2D eigenvalue weighted by molar-refractivity contribution is -0.135. The molecule has 0 unspecified atom stereocenters. The maximum atomic E-state index is 13.5. The number of anilines is 2. The van der Waals surface area contributed by atoms with E-state index < -0.39 is 6.04 Å². The summed E-state index contributed by atoms with van der Waals surface area (Å²) in [6.07, 6.45) is 0. The third-order valence-electron chi connectivity index (χ3n) is 5.51. The molecule has 3 N–H and O–H groups in total. The van der Waals surface area contributed by atoms with E-state index >= 15 is 0 Å². The molecule has 0 radical (unpaired) electrons. The number of nitrogens with zero attached hydrogens (tertiary/aromatic N) is 3. The topological polar surface area (TPSA) is 76.2 Å². The first-order valence-electron chi connectivity index (χ1n) is 10.3. The molecule has 1 amide bonds. The van der Waals surface area contributed by atoms with Gasteiger partial charge in [-0.1, -0.05) is 25.4 Å². The van der Waals surface area contributed by atoms with Gasteiger partial charge in [0, 0.05) is 29.4 Å². The Kier molecular flexibility index (Phi) is 7.48. The summed E-state index contributed by atoms with van der Waals surface area (Å²) in [5.41, 5.74) is 8.44. The molecule has 0 bridgehead atoms. The third-order valence-corrected chi connectivity index (χ3v) is 5.76. The first-order chi connectivity index (χ1) is 14.8. The van der Waals surface area contributed by atoms with Crippen molar-refractivity contribution < 1.29 is 9.18 Å². The van der Waals surface area contributed by atoms with Crippen molar-refractivity contribution in [3.05, 3.63) is 65.2 Å². The highest BCUT2D eigenvalue weighted by atomic mass is 35.5. The number of benzene rings is 2. The van der Waals surface area contributed by atoms with E-state index in [-0.39, 0.29) is 31.1 Å². The van der Waals surface area contributed by atoms with Crippen molar-refractivity contribution in [2.45, 2.75) is 33.0 Å². The van der Waals surface area contributed by atoms with Gasteiger partial charge in [0.25, 0.3) is 0 Å². The van der Waals surface area contributed by atoms with Crippen LogP contribution < -0.4 is 11.1 Å². The van der Waals surface area contributed by atoms with Gasteiger partial charge in [0.05, 0.1) is 12.6 Å². The quantitative estimate of drug-likeness (QED) is 0.568. The fraction of sp³-hybridized carbons (Fsp3) is 0.304. The minimum atomic E-state index is -0.537. The van der Waals surface area contributed by atoms with E-state index in [0.29, 0.717) is 30.4 Å². The average molecular weight is 476 g/mol. The molecule has 2 heterocycles. The Morgan fingerprint density at radius 2 is 1.78 bits per heavy atom. The van der Waals surface area contributed by atoms with Gasteiger partial charge in [-0.25, -0.2) is 9.37 Å². The summed E-state index contributed by atoms with van der Waals surface area (Å²) in [4.78, 5) is 19.3. The Hall–Kier alpha value is -2.55. The SMILES string of the molecule is CC(C)[C@H](N)C(=O)N1CCn2c(nc(-c3ccc(F)cc3)c2Nc2ccc(Cl)cc2)C1.S. The van der Waals surface area contributed by atoms with E-state index in [9.17, 15) is 9.18 Å². The summed E-state index contributed by atoms with van der Waals surface area (Å²) >= 11 is 6.02. The molecule has 0 spiro atoms. The number of imidazole rings is 1. The van der Waals surface area contributed by atoms with E-state index in [2.05, 4.69) is 9.88 Å². The van der Waals surface area contributed by atoms with Gasteiger partial charge in [-0.2, -0.15) is 13.5 Å². The normalized spacial score (nSPS) is 14.0. The van der Waals surface area contributed by atoms with E-state index in [4.69, 9.17) is 22.3 Å². The van der Waals surface area contributed by atoms with Crippen LogP contribution in [0.2, 0.25) is 5.02 Å². The Bertz CT molecular complexity index is 1090. The van der Waals surface area contributed by atoms with E-state index in [1.807, 2.05) is 38.1 Å². The van der Waals surface area contributed by atoms with Crippen molar-refractivity contribution in [2.75, 3.05) is 11.9 Å². The molecule has 170 valence electrons. The molecule has 1 aliphatic heterocycles. The molecule has 6 nitrogen and oxygen atoms in total. The number of rotatable bonds is 5. The van der Waals surface area contributed by atoms with E-state index in [1.165, 1.54) is 12.1 Å². The summed E-state index contributed by atoms with van der Waals surface area (Å²) in [6, 6.07) is 13.1. The van der Waals surface area contributed by atoms with Gasteiger partial charge >= 0.3 is 0 Å². The Morgan fingerprint density at radius 1 is 1.12 bits per heavy atom. The lowest BCUT2D eigenvalue weighted by Gasteiger charge is -2.31. The minimum absolute atomic E-state index is 0. The van der Waals surface area contributed by atoms with Crippen LogP contribution in [0.4, 0.5) is 15.9 Å². The molecule has 4 rings (SSSR count). The van der Waals surface area contributed by atoms with Gasteiger partial charge in [0.1, 0.15) is 23.2 Å². The summed E-state index contributed by atoms with van der Waals surface area (Å²) < 4.78 is 15.6. The maximum absolute atomic E-state index is 13.5. The van der Waals surface area contributed by atoms with Gasteiger partial charge < -0.3 is 20.5 Å². The van der Waals surface area contributed by atoms with Crippen molar-refractivity contribution in [2.24, 2.45) is 11.7 Å². The number of hydrogen-bond acceptors (Lipinski definition) is 4. The van der Waals surface area contributed by atoms with Crippen molar-refractivity contribution in [3.8, 4) is 11.3 Å². The highest BCUT2D eigenvalue weighted by molar-refractivity contribution is 7.59. The molecule has 32 heavy (non-hydrogen) atoms. The molecule has 0 saturated heterocycles. The minimum Gasteiger partial charge on any atom is -0.340 e. The summed E-state index contributed by atoms with van der Waals surface area (Å²) in [5, 5.41) is 4.07. The Labute approximate surface area is 199 Å². The smallest absolute Gasteiger partial charge is 0.240 e. The lowest BCUT2D eigenvalue weighted by Crippen LogP contribution is -2.49. The molecule has 3 aromatic rings. The molecular weight excluding hydrogens is 449 g/mol. The van der Waals surface area contributed by atoms with Crippen molar-refractivity contribution in [1.29, 1.82) is 0 Å². The number of fused-ring (bicyclic) bond motifs is 1. The molecule has 1 aromatic heterocycles. The van der Waals surface area contributed by atoms with Crippen molar-refractivity contribution in [1.82, 2.24) is 14.5 Å². The number of halogens is 2. The van der Waals surface area contributed by atoms with Crippen LogP contribution in [0.1, 0.15) is 19.7 Å². The van der Waals surface area contributed by atoms with Crippen LogP contribution in [-0.2, 0) is 17.9 Å². The highest BCUT2D eigenvalue weighted by Crippen LogP contribution is 2.33. The number of nitrogens with two attached hydrogens (primary N) is 1. The van der Waals surface area contributed by atoms with Crippen LogP contribution in [0.5, 0.6) is 0 Å². The van der Waals surface area contributed by atoms with Crippen molar-refractivity contribution in [3.63, 3.8) is 0 Å². The van der Waals surface area contributed by atoms with Crippen LogP contribution in [0.25, 0.3) is 11.3 Å². The zero-order valence-corrected chi connectivity index (χ0v) is 19.7. The van der Waals surface area contributed by atoms with Gasteiger partial charge in [0.2, 0.25) is 5.91 Å². The van der Waals surface area contributed by atoms with Gasteiger partial charge in [-0.3, -0.25) is 4.79 Å². The number of amides is 1. The number of nitrogens with one attached hydrogen (secondary N) is 1. The molecular formula is C23H27ClFN5OS. The van der Waals surface area contributed by atoms with Crippen LogP contribution in [-0.4, -0.2) is 32.9 Å². The van der Waals surface area contributed by atoms with Crippen molar-refractivity contribution >= 4 is 42.5 Å². The Morgan fingerprint density at radius 3 is 2.41 bits per heavy atom. The molecule has 0 aliphatic carbocycles. The summed E-state index contributed by atoms with van der Waals surface area (Å²) in [5.74, 6) is 1.24. The predicted molar refractivity (Wildman–Crippen MR) is 131 cm³/mol. The van der Waals surface area contributed by atoms with Crippen LogP contribution in [0.3, 0.4) is 0 Å². The van der Waals surface area contributed by atoms with E-state index in [0.717, 1.165) is 22.9 Å². The number of aromatic nitrogens is 2. The monoisotopic (exact) mass is 475 g/mol. The molecule has 9 heteroatoms. The average Bonchev–Trinajstić information content (AvgIpc) is 3.12. The second kappa shape index (κ2) is 9.94. The van der Waals surface area contributed by atoms with Gasteiger partial charge in [-0.15, -0.1) is 0 Å².